The number of esters is 1. The molecule has 128 valence electrons. The zero-order chi connectivity index (χ0) is 17.6. The van der Waals surface area contributed by atoms with Crippen LogP contribution in [0.5, 0.6) is 11.5 Å². The molecule has 1 saturated carbocycles. The van der Waals surface area contributed by atoms with Gasteiger partial charge in [0.2, 0.25) is 0 Å². The first kappa shape index (κ1) is 17.9. The summed E-state index contributed by atoms with van der Waals surface area (Å²) in [5.41, 5.74) is 0. The van der Waals surface area contributed by atoms with Gasteiger partial charge in [0, 0.05) is 6.08 Å². The Bertz CT molecular complexity index is 624. The summed E-state index contributed by atoms with van der Waals surface area (Å²) in [4.78, 5) is 12.1. The van der Waals surface area contributed by atoms with Gasteiger partial charge in [-0.3, -0.25) is 4.79 Å². The third kappa shape index (κ3) is 5.61. The third-order valence-corrected chi connectivity index (χ3v) is 3.82. The van der Waals surface area contributed by atoms with Crippen molar-refractivity contribution in [2.24, 2.45) is 11.8 Å². The van der Waals surface area contributed by atoms with Gasteiger partial charge >= 0.3 is 12.3 Å². The van der Waals surface area contributed by atoms with Crippen LogP contribution in [0.25, 0.3) is 0 Å². The van der Waals surface area contributed by atoms with Crippen molar-refractivity contribution < 1.29 is 27.4 Å². The number of carbonyl (C=O) groups excluding carboxylic acids is 1. The molecule has 0 spiro atoms. The molecule has 2 rings (SSSR count). The number of alkyl halides is 3. The van der Waals surface area contributed by atoms with E-state index in [1.165, 1.54) is 18.2 Å². The van der Waals surface area contributed by atoms with Crippen LogP contribution in [0.3, 0.4) is 0 Å². The summed E-state index contributed by atoms with van der Waals surface area (Å²) in [6.45, 7) is 0. The Kier molecular flexibility index (Phi) is 5.85. The van der Waals surface area contributed by atoms with E-state index in [1.807, 2.05) is 12.1 Å². The molecule has 0 bridgehead atoms. The van der Waals surface area contributed by atoms with Crippen LogP contribution in [0.1, 0.15) is 25.7 Å². The van der Waals surface area contributed by atoms with Gasteiger partial charge in [0.05, 0.1) is 12.0 Å². The monoisotopic (exact) mass is 339 g/mol. The Morgan fingerprint density at radius 3 is 2.25 bits per heavy atom. The molecule has 1 aromatic rings. The van der Waals surface area contributed by atoms with Crippen LogP contribution in [0.15, 0.2) is 36.4 Å². The first-order valence-corrected chi connectivity index (χ1v) is 7.51. The maximum Gasteiger partial charge on any atom is 0.573 e. The highest BCUT2D eigenvalue weighted by atomic mass is 19.4. The van der Waals surface area contributed by atoms with Crippen LogP contribution in [0.2, 0.25) is 0 Å². The predicted molar refractivity (Wildman–Crippen MR) is 79.0 cm³/mol. The predicted octanol–water partition coefficient (Wildman–Crippen LogP) is 4.38. The molecule has 7 heteroatoms. The van der Waals surface area contributed by atoms with Crippen molar-refractivity contribution >= 4 is 5.97 Å². The number of hydrogen-bond donors (Lipinski definition) is 0. The lowest BCUT2D eigenvalue weighted by atomic mass is 9.82. The first-order chi connectivity index (χ1) is 11.4. The Hall–Kier alpha value is -2.49. The normalized spacial score (nSPS) is 21.2. The number of ether oxygens (including phenoxy) is 2. The maximum atomic E-state index is 12.1. The van der Waals surface area contributed by atoms with E-state index in [0.29, 0.717) is 18.8 Å². The molecular weight excluding hydrogens is 323 g/mol. The van der Waals surface area contributed by atoms with Crippen molar-refractivity contribution in [1.82, 2.24) is 0 Å². The number of rotatable bonds is 4. The lowest BCUT2D eigenvalue weighted by Crippen LogP contribution is -2.25. The largest absolute Gasteiger partial charge is 0.573 e. The van der Waals surface area contributed by atoms with Gasteiger partial charge in [-0.05, 0) is 55.9 Å². The minimum Gasteiger partial charge on any atom is -0.426 e. The maximum absolute atomic E-state index is 12.1. The van der Waals surface area contributed by atoms with Gasteiger partial charge in [-0.2, -0.15) is 5.26 Å². The standard InChI is InChI=1S/C17H16F3NO3/c18-17(19,20)24-15-9-7-14(8-10-15)23-16(22)13-5-3-12(4-6-13)2-1-11-21/h1-2,7-10,12-13H,3-6H2/b2-1+. The van der Waals surface area contributed by atoms with Gasteiger partial charge in [0.1, 0.15) is 11.5 Å². The molecule has 0 atom stereocenters. The van der Waals surface area contributed by atoms with Gasteiger partial charge in [0.25, 0.3) is 0 Å². The van der Waals surface area contributed by atoms with Crippen LogP contribution in [0.4, 0.5) is 13.2 Å². The number of allylic oxidation sites excluding steroid dienone is 2. The van der Waals surface area contributed by atoms with E-state index in [2.05, 4.69) is 4.74 Å². The van der Waals surface area contributed by atoms with Crippen molar-refractivity contribution in [2.45, 2.75) is 32.0 Å². The number of nitriles is 1. The van der Waals surface area contributed by atoms with Gasteiger partial charge in [0.15, 0.2) is 0 Å². The van der Waals surface area contributed by atoms with Crippen molar-refractivity contribution in [3.63, 3.8) is 0 Å². The minimum absolute atomic E-state index is 0.182. The summed E-state index contributed by atoms with van der Waals surface area (Å²) >= 11 is 0. The molecule has 1 fully saturated rings. The van der Waals surface area contributed by atoms with Crippen molar-refractivity contribution in [1.29, 1.82) is 5.26 Å². The van der Waals surface area contributed by atoms with E-state index < -0.39 is 6.36 Å². The SMILES string of the molecule is N#C/C=C/C1CCC(C(=O)Oc2ccc(OC(F)(F)F)cc2)CC1. The van der Waals surface area contributed by atoms with Crippen LogP contribution >= 0.6 is 0 Å². The first-order valence-electron chi connectivity index (χ1n) is 7.51. The molecule has 0 N–H and O–H groups in total. The molecule has 1 aromatic carbocycles. The molecule has 0 heterocycles. The summed E-state index contributed by atoms with van der Waals surface area (Å²) in [7, 11) is 0. The van der Waals surface area contributed by atoms with Crippen molar-refractivity contribution in [2.75, 3.05) is 0 Å². The zero-order valence-electron chi connectivity index (χ0n) is 12.8. The van der Waals surface area contributed by atoms with Crippen molar-refractivity contribution in [3.05, 3.63) is 36.4 Å². The van der Waals surface area contributed by atoms with E-state index >= 15 is 0 Å². The second kappa shape index (κ2) is 7.86. The molecular formula is C17H16F3NO3. The van der Waals surface area contributed by atoms with E-state index in [1.54, 1.807) is 0 Å². The van der Waals surface area contributed by atoms with Crippen LogP contribution in [-0.2, 0) is 4.79 Å². The Morgan fingerprint density at radius 2 is 1.71 bits per heavy atom. The summed E-state index contributed by atoms with van der Waals surface area (Å²) < 4.78 is 45.2. The average molecular weight is 339 g/mol. The number of halogens is 3. The molecule has 4 nitrogen and oxygen atoms in total. The van der Waals surface area contributed by atoms with Gasteiger partial charge in [-0.25, -0.2) is 0 Å². The molecule has 0 radical (unpaired) electrons. The molecule has 0 unspecified atom stereocenters. The highest BCUT2D eigenvalue weighted by molar-refractivity contribution is 5.75. The lowest BCUT2D eigenvalue weighted by Gasteiger charge is -2.25. The number of hydrogen-bond acceptors (Lipinski definition) is 4. The molecule has 0 aliphatic heterocycles. The Morgan fingerprint density at radius 1 is 1.12 bits per heavy atom. The highest BCUT2D eigenvalue weighted by Crippen LogP contribution is 2.31. The fraction of sp³-hybridized carbons (Fsp3) is 0.412. The second-order valence-electron chi connectivity index (χ2n) is 5.54. The minimum atomic E-state index is -4.75. The van der Waals surface area contributed by atoms with Gasteiger partial charge in [-0.15, -0.1) is 13.2 Å². The third-order valence-electron chi connectivity index (χ3n) is 3.82. The fourth-order valence-corrected chi connectivity index (χ4v) is 2.64. The molecule has 1 aliphatic rings. The topological polar surface area (TPSA) is 59.3 Å². The van der Waals surface area contributed by atoms with Gasteiger partial charge < -0.3 is 9.47 Å². The molecule has 0 amide bonds. The summed E-state index contributed by atoms with van der Waals surface area (Å²) in [6.07, 6.45) is 1.47. The molecule has 1 aliphatic carbocycles. The van der Waals surface area contributed by atoms with E-state index in [-0.39, 0.29) is 23.4 Å². The summed E-state index contributed by atoms with van der Waals surface area (Å²) in [5.74, 6) is -0.509. The molecule has 0 aromatic heterocycles. The number of benzene rings is 1. The average Bonchev–Trinajstić information content (AvgIpc) is 2.54. The van der Waals surface area contributed by atoms with Crippen LogP contribution in [-0.4, -0.2) is 12.3 Å². The second-order valence-corrected chi connectivity index (χ2v) is 5.54. The van der Waals surface area contributed by atoms with E-state index in [4.69, 9.17) is 10.00 Å². The van der Waals surface area contributed by atoms with Crippen LogP contribution < -0.4 is 9.47 Å². The van der Waals surface area contributed by atoms with Crippen molar-refractivity contribution in [3.8, 4) is 17.6 Å². The number of nitrogens with zero attached hydrogens (tertiary/aromatic N) is 1. The Labute approximate surface area is 137 Å². The summed E-state index contributed by atoms with van der Waals surface area (Å²) in [5, 5.41) is 8.50. The lowest BCUT2D eigenvalue weighted by molar-refractivity contribution is -0.274. The number of carbonyl (C=O) groups is 1. The van der Waals surface area contributed by atoms with Gasteiger partial charge in [-0.1, -0.05) is 6.08 Å². The Balaban J connectivity index is 1.85. The van der Waals surface area contributed by atoms with E-state index in [0.717, 1.165) is 25.0 Å². The smallest absolute Gasteiger partial charge is 0.426 e. The molecule has 24 heavy (non-hydrogen) atoms. The van der Waals surface area contributed by atoms with Crippen LogP contribution in [0, 0.1) is 23.2 Å². The molecule has 0 saturated heterocycles. The van der Waals surface area contributed by atoms with E-state index in [9.17, 15) is 18.0 Å². The fourth-order valence-electron chi connectivity index (χ4n) is 2.64. The highest BCUT2D eigenvalue weighted by Gasteiger charge is 2.31. The quantitative estimate of drug-likeness (QED) is 0.464. The zero-order valence-corrected chi connectivity index (χ0v) is 12.8. The summed E-state index contributed by atoms with van der Waals surface area (Å²) in [6, 6.07) is 6.67.